The zero-order valence-electron chi connectivity index (χ0n) is 10.7. The number of aliphatic carboxylic acids is 1. The van der Waals surface area contributed by atoms with Crippen molar-refractivity contribution in [3.63, 3.8) is 0 Å². The zero-order chi connectivity index (χ0) is 13.7. The van der Waals surface area contributed by atoms with Gasteiger partial charge in [0.2, 0.25) is 0 Å². The summed E-state index contributed by atoms with van der Waals surface area (Å²) in [6.45, 7) is 0. The lowest BCUT2D eigenvalue weighted by molar-refractivity contribution is -0.137. The predicted molar refractivity (Wildman–Crippen MR) is 73.5 cm³/mol. The number of hydrogen-bond acceptors (Lipinski definition) is 2. The minimum absolute atomic E-state index is 0.0460. The Hall–Kier alpha value is -2.29. The standard InChI is InChI=1S/C16H16O3/c1-19-15-10-6-5-9-13(15)14(11-16(17)18)12-7-3-2-4-8-12/h2-10,14H,11H2,1H3,(H,17,18). The summed E-state index contributed by atoms with van der Waals surface area (Å²) in [5.74, 6) is -0.299. The number of carboxylic acids is 1. The maximum absolute atomic E-state index is 11.1. The van der Waals surface area contributed by atoms with Gasteiger partial charge in [-0.3, -0.25) is 4.79 Å². The number of methoxy groups -OCH3 is 1. The van der Waals surface area contributed by atoms with Crippen LogP contribution in [0.25, 0.3) is 0 Å². The van der Waals surface area contributed by atoms with Gasteiger partial charge in [-0.05, 0) is 11.6 Å². The van der Waals surface area contributed by atoms with Crippen molar-refractivity contribution in [2.45, 2.75) is 12.3 Å². The topological polar surface area (TPSA) is 46.5 Å². The average molecular weight is 256 g/mol. The van der Waals surface area contributed by atoms with Crippen molar-refractivity contribution in [3.8, 4) is 5.75 Å². The van der Waals surface area contributed by atoms with Crippen LogP contribution in [0.4, 0.5) is 0 Å². The van der Waals surface area contributed by atoms with E-state index < -0.39 is 5.97 Å². The molecule has 3 heteroatoms. The Morgan fingerprint density at radius 1 is 1.11 bits per heavy atom. The molecule has 98 valence electrons. The van der Waals surface area contributed by atoms with Crippen LogP contribution in [0.2, 0.25) is 0 Å². The Bertz CT molecular complexity index is 549. The fourth-order valence-corrected chi connectivity index (χ4v) is 2.22. The van der Waals surface area contributed by atoms with Crippen LogP contribution in [0, 0.1) is 0 Å². The number of ether oxygens (including phenoxy) is 1. The first-order valence-electron chi connectivity index (χ1n) is 6.12. The lowest BCUT2D eigenvalue weighted by atomic mass is 9.88. The van der Waals surface area contributed by atoms with Crippen LogP contribution in [0.1, 0.15) is 23.5 Å². The number of para-hydroxylation sites is 1. The third-order valence-corrected chi connectivity index (χ3v) is 3.10. The molecule has 0 spiro atoms. The van der Waals surface area contributed by atoms with E-state index in [-0.39, 0.29) is 12.3 Å². The lowest BCUT2D eigenvalue weighted by Gasteiger charge is -2.18. The molecule has 1 unspecified atom stereocenters. The molecule has 0 amide bonds. The smallest absolute Gasteiger partial charge is 0.304 e. The minimum Gasteiger partial charge on any atom is -0.496 e. The lowest BCUT2D eigenvalue weighted by Crippen LogP contribution is -2.09. The van der Waals surface area contributed by atoms with Gasteiger partial charge in [-0.2, -0.15) is 0 Å². The van der Waals surface area contributed by atoms with Crippen LogP contribution in [0.5, 0.6) is 5.75 Å². The van der Waals surface area contributed by atoms with Gasteiger partial charge in [0, 0.05) is 11.5 Å². The minimum atomic E-state index is -0.820. The molecule has 0 aliphatic heterocycles. The maximum atomic E-state index is 11.1. The third kappa shape index (κ3) is 3.13. The molecule has 2 aromatic rings. The molecule has 0 aliphatic carbocycles. The van der Waals surface area contributed by atoms with Gasteiger partial charge in [0.05, 0.1) is 13.5 Å². The first-order valence-corrected chi connectivity index (χ1v) is 6.12. The Kier molecular flexibility index (Phi) is 4.18. The Morgan fingerprint density at radius 2 is 1.74 bits per heavy atom. The van der Waals surface area contributed by atoms with Crippen molar-refractivity contribution in [1.82, 2.24) is 0 Å². The van der Waals surface area contributed by atoms with Gasteiger partial charge < -0.3 is 9.84 Å². The van der Waals surface area contributed by atoms with Crippen molar-refractivity contribution in [2.75, 3.05) is 7.11 Å². The largest absolute Gasteiger partial charge is 0.496 e. The molecule has 1 N–H and O–H groups in total. The molecule has 0 aliphatic rings. The molecule has 0 saturated carbocycles. The maximum Gasteiger partial charge on any atom is 0.304 e. The number of carbonyl (C=O) groups is 1. The molecule has 0 aromatic heterocycles. The van der Waals surface area contributed by atoms with Crippen LogP contribution >= 0.6 is 0 Å². The molecule has 3 nitrogen and oxygen atoms in total. The molecule has 0 saturated heterocycles. The monoisotopic (exact) mass is 256 g/mol. The van der Waals surface area contributed by atoms with Gasteiger partial charge in [0.15, 0.2) is 0 Å². The fraction of sp³-hybridized carbons (Fsp3) is 0.188. The summed E-state index contributed by atoms with van der Waals surface area (Å²) in [6.07, 6.45) is 0.0460. The molecule has 0 radical (unpaired) electrons. The number of rotatable bonds is 5. The van der Waals surface area contributed by atoms with Gasteiger partial charge in [0.1, 0.15) is 5.75 Å². The van der Waals surface area contributed by atoms with Gasteiger partial charge in [-0.25, -0.2) is 0 Å². The Labute approximate surface area is 112 Å². The van der Waals surface area contributed by atoms with E-state index in [0.717, 1.165) is 16.9 Å². The molecule has 2 aromatic carbocycles. The molecular weight excluding hydrogens is 240 g/mol. The fourth-order valence-electron chi connectivity index (χ4n) is 2.22. The van der Waals surface area contributed by atoms with E-state index in [1.807, 2.05) is 54.6 Å². The molecule has 2 rings (SSSR count). The summed E-state index contributed by atoms with van der Waals surface area (Å²) in [6, 6.07) is 17.2. The Morgan fingerprint density at radius 3 is 2.37 bits per heavy atom. The number of carboxylic acid groups (broad SMARTS) is 1. The van der Waals surface area contributed by atoms with Crippen LogP contribution in [0.3, 0.4) is 0 Å². The molecule has 1 atom stereocenters. The van der Waals surface area contributed by atoms with Crippen LogP contribution < -0.4 is 4.74 Å². The van der Waals surface area contributed by atoms with Crippen molar-refractivity contribution < 1.29 is 14.6 Å². The normalized spacial score (nSPS) is 11.8. The second-order valence-electron chi connectivity index (χ2n) is 4.30. The van der Waals surface area contributed by atoms with Crippen molar-refractivity contribution in [3.05, 3.63) is 65.7 Å². The van der Waals surface area contributed by atoms with Crippen molar-refractivity contribution in [1.29, 1.82) is 0 Å². The average Bonchev–Trinajstić information content (AvgIpc) is 2.45. The van der Waals surface area contributed by atoms with Crippen molar-refractivity contribution >= 4 is 5.97 Å². The van der Waals surface area contributed by atoms with E-state index in [4.69, 9.17) is 9.84 Å². The van der Waals surface area contributed by atoms with Crippen LogP contribution in [-0.4, -0.2) is 18.2 Å². The van der Waals surface area contributed by atoms with Gasteiger partial charge >= 0.3 is 5.97 Å². The van der Waals surface area contributed by atoms with E-state index >= 15 is 0 Å². The predicted octanol–water partition coefficient (Wildman–Crippen LogP) is 3.30. The quantitative estimate of drug-likeness (QED) is 0.892. The Balaban J connectivity index is 2.46. The molecule has 19 heavy (non-hydrogen) atoms. The van der Waals surface area contributed by atoms with E-state index in [2.05, 4.69) is 0 Å². The molecule has 0 heterocycles. The van der Waals surface area contributed by atoms with E-state index in [9.17, 15) is 4.79 Å². The van der Waals surface area contributed by atoms with E-state index in [1.165, 1.54) is 0 Å². The first-order chi connectivity index (χ1) is 9.22. The highest BCUT2D eigenvalue weighted by atomic mass is 16.5. The van der Waals surface area contributed by atoms with Gasteiger partial charge in [-0.15, -0.1) is 0 Å². The molecule has 0 bridgehead atoms. The summed E-state index contributed by atoms with van der Waals surface area (Å²) >= 11 is 0. The highest BCUT2D eigenvalue weighted by molar-refractivity contribution is 5.69. The highest BCUT2D eigenvalue weighted by Gasteiger charge is 2.20. The SMILES string of the molecule is COc1ccccc1C(CC(=O)O)c1ccccc1. The van der Waals surface area contributed by atoms with E-state index in [1.54, 1.807) is 7.11 Å². The van der Waals surface area contributed by atoms with Gasteiger partial charge in [-0.1, -0.05) is 48.5 Å². The van der Waals surface area contributed by atoms with Crippen molar-refractivity contribution in [2.24, 2.45) is 0 Å². The second-order valence-corrected chi connectivity index (χ2v) is 4.30. The van der Waals surface area contributed by atoms with Crippen LogP contribution in [0.15, 0.2) is 54.6 Å². The zero-order valence-corrected chi connectivity index (χ0v) is 10.7. The van der Waals surface area contributed by atoms with Gasteiger partial charge in [0.25, 0.3) is 0 Å². The molecule has 0 fully saturated rings. The summed E-state index contributed by atoms with van der Waals surface area (Å²) in [7, 11) is 1.60. The first kappa shape index (κ1) is 13.1. The van der Waals surface area contributed by atoms with E-state index in [0.29, 0.717) is 0 Å². The third-order valence-electron chi connectivity index (χ3n) is 3.10. The number of hydrogen-bond donors (Lipinski definition) is 1. The summed E-state index contributed by atoms with van der Waals surface area (Å²) in [5, 5.41) is 9.13. The van der Waals surface area contributed by atoms with Crippen LogP contribution in [-0.2, 0) is 4.79 Å². The second kappa shape index (κ2) is 6.05. The number of benzene rings is 2. The summed E-state index contributed by atoms with van der Waals surface area (Å²) in [4.78, 5) is 11.1. The summed E-state index contributed by atoms with van der Waals surface area (Å²) < 4.78 is 5.34. The summed E-state index contributed by atoms with van der Waals surface area (Å²) in [5.41, 5.74) is 1.88. The highest BCUT2D eigenvalue weighted by Crippen LogP contribution is 2.34. The molecular formula is C16H16O3.